The first kappa shape index (κ1) is 6.56. The summed E-state index contributed by atoms with van der Waals surface area (Å²) in [7, 11) is 0. The molecule has 0 saturated heterocycles. The van der Waals surface area contributed by atoms with Crippen molar-refractivity contribution in [2.24, 2.45) is 5.73 Å². The zero-order valence-corrected chi connectivity index (χ0v) is 4.90. The lowest BCUT2D eigenvalue weighted by molar-refractivity contribution is -0.113. The molecule has 7 heavy (non-hydrogen) atoms. The number of carbonyl (C=O) groups is 1. The fraction of sp³-hybridized carbons (Fsp3) is 0.250. The number of rotatable bonds is 1. The molecular weight excluding hydrogens is 110 g/mol. The van der Waals surface area contributed by atoms with Crippen LogP contribution in [0.1, 0.15) is 6.92 Å². The van der Waals surface area contributed by atoms with Gasteiger partial charge < -0.3 is 5.73 Å². The Morgan fingerprint density at radius 3 is 2.29 bits per heavy atom. The van der Waals surface area contributed by atoms with Crippen LogP contribution >= 0.6 is 12.6 Å². The van der Waals surface area contributed by atoms with E-state index in [1.807, 2.05) is 0 Å². The molecule has 0 unspecified atom stereocenters. The molecule has 0 spiro atoms. The van der Waals surface area contributed by atoms with Gasteiger partial charge in [-0.3, -0.25) is 4.79 Å². The minimum atomic E-state index is -0.481. The number of nitrogens with two attached hydrogens (primary N) is 1. The van der Waals surface area contributed by atoms with Crippen LogP contribution in [0.15, 0.2) is 11.0 Å². The summed E-state index contributed by atoms with van der Waals surface area (Å²) in [5.74, 6) is -0.481. The maximum atomic E-state index is 10.0. The van der Waals surface area contributed by atoms with Crippen molar-refractivity contribution >= 4 is 18.5 Å². The quantitative estimate of drug-likeness (QED) is 0.376. The Kier molecular flexibility index (Phi) is 2.52. The third-order valence-electron chi connectivity index (χ3n) is 0.526. The highest BCUT2D eigenvalue weighted by Crippen LogP contribution is 1.94. The van der Waals surface area contributed by atoms with Crippen LogP contribution in [0, 0.1) is 0 Å². The van der Waals surface area contributed by atoms with Crippen LogP contribution in [-0.4, -0.2) is 5.91 Å². The molecule has 0 aromatic heterocycles. The number of hydrogen-bond acceptors (Lipinski definition) is 2. The van der Waals surface area contributed by atoms with Gasteiger partial charge in [-0.15, -0.1) is 12.6 Å². The Bertz CT molecular complexity index is 108. The summed E-state index contributed by atoms with van der Waals surface area (Å²) in [5.41, 5.74) is 4.76. The summed E-state index contributed by atoms with van der Waals surface area (Å²) in [5, 5.41) is 0. The molecule has 0 saturated carbocycles. The van der Waals surface area contributed by atoms with E-state index in [9.17, 15) is 4.79 Å². The number of amides is 1. The molecule has 0 rings (SSSR count). The van der Waals surface area contributed by atoms with Crippen molar-refractivity contribution in [3.05, 3.63) is 11.0 Å². The molecule has 0 fully saturated rings. The molecule has 1 amide bonds. The minimum absolute atomic E-state index is 0.306. The zero-order valence-electron chi connectivity index (χ0n) is 4.01. The van der Waals surface area contributed by atoms with E-state index in [0.29, 0.717) is 4.91 Å². The maximum absolute atomic E-state index is 10.0. The first-order chi connectivity index (χ1) is 3.18. The van der Waals surface area contributed by atoms with Gasteiger partial charge in [0.15, 0.2) is 0 Å². The fourth-order valence-electron chi connectivity index (χ4n) is 0.142. The molecule has 0 aromatic carbocycles. The first-order valence-electron chi connectivity index (χ1n) is 1.83. The highest BCUT2D eigenvalue weighted by atomic mass is 32.1. The lowest BCUT2D eigenvalue weighted by Gasteiger charge is -1.84. The number of allylic oxidation sites excluding steroid dienone is 1. The van der Waals surface area contributed by atoms with Crippen LogP contribution in [-0.2, 0) is 4.79 Å². The summed E-state index contributed by atoms with van der Waals surface area (Å²) < 4.78 is 0. The van der Waals surface area contributed by atoms with E-state index >= 15 is 0 Å². The summed E-state index contributed by atoms with van der Waals surface area (Å²) in [6.45, 7) is 1.70. The van der Waals surface area contributed by atoms with E-state index < -0.39 is 5.91 Å². The molecule has 0 radical (unpaired) electrons. The number of thiol groups is 1. The van der Waals surface area contributed by atoms with Crippen molar-refractivity contribution in [2.45, 2.75) is 6.92 Å². The standard InChI is InChI=1S/C4H7NOS/c1-2-3(7)4(5)6/h2,7H,1H3,(H2,5,6)/b3-2-. The maximum Gasteiger partial charge on any atom is 0.254 e. The fourth-order valence-corrected chi connectivity index (χ4v) is 0.142. The Labute approximate surface area is 47.8 Å². The van der Waals surface area contributed by atoms with Gasteiger partial charge in [0.25, 0.3) is 5.91 Å². The third-order valence-corrected chi connectivity index (χ3v) is 1.00. The van der Waals surface area contributed by atoms with Gasteiger partial charge in [0, 0.05) is 0 Å². The average molecular weight is 117 g/mol. The molecule has 2 nitrogen and oxygen atoms in total. The molecule has 2 N–H and O–H groups in total. The molecule has 3 heteroatoms. The Hall–Kier alpha value is -0.440. The molecule has 0 aromatic rings. The molecule has 0 aliphatic heterocycles. The van der Waals surface area contributed by atoms with Crippen LogP contribution in [0.3, 0.4) is 0 Å². The van der Waals surface area contributed by atoms with Gasteiger partial charge in [0.1, 0.15) is 0 Å². The zero-order chi connectivity index (χ0) is 5.86. The lowest BCUT2D eigenvalue weighted by atomic mass is 10.5. The van der Waals surface area contributed by atoms with Crippen molar-refractivity contribution in [1.29, 1.82) is 0 Å². The number of primary amides is 1. The Balaban J connectivity index is 3.82. The van der Waals surface area contributed by atoms with E-state index in [2.05, 4.69) is 12.6 Å². The second-order valence-corrected chi connectivity index (χ2v) is 1.52. The van der Waals surface area contributed by atoms with Crippen LogP contribution in [0.5, 0.6) is 0 Å². The highest BCUT2D eigenvalue weighted by Gasteiger charge is 1.91. The van der Waals surface area contributed by atoms with Crippen molar-refractivity contribution < 1.29 is 4.79 Å². The normalized spacial score (nSPS) is 11.4. The van der Waals surface area contributed by atoms with Gasteiger partial charge in [-0.1, -0.05) is 6.08 Å². The van der Waals surface area contributed by atoms with E-state index in [-0.39, 0.29) is 0 Å². The minimum Gasteiger partial charge on any atom is -0.365 e. The van der Waals surface area contributed by atoms with Gasteiger partial charge >= 0.3 is 0 Å². The molecule has 0 aliphatic carbocycles. The number of carbonyl (C=O) groups excluding carboxylic acids is 1. The molecule has 40 valence electrons. The van der Waals surface area contributed by atoms with Crippen LogP contribution < -0.4 is 5.73 Å². The topological polar surface area (TPSA) is 43.1 Å². The molecule has 0 aliphatic rings. The Morgan fingerprint density at radius 2 is 2.29 bits per heavy atom. The number of hydrogen-bond donors (Lipinski definition) is 2. The Morgan fingerprint density at radius 1 is 1.86 bits per heavy atom. The van der Waals surface area contributed by atoms with Crippen molar-refractivity contribution in [3.63, 3.8) is 0 Å². The summed E-state index contributed by atoms with van der Waals surface area (Å²) in [6.07, 6.45) is 1.55. The average Bonchev–Trinajstić information content (AvgIpc) is 1.65. The largest absolute Gasteiger partial charge is 0.365 e. The van der Waals surface area contributed by atoms with Crippen molar-refractivity contribution in [3.8, 4) is 0 Å². The van der Waals surface area contributed by atoms with Crippen LogP contribution in [0.25, 0.3) is 0 Å². The van der Waals surface area contributed by atoms with Gasteiger partial charge in [-0.2, -0.15) is 0 Å². The molecule has 0 bridgehead atoms. The monoisotopic (exact) mass is 117 g/mol. The van der Waals surface area contributed by atoms with Gasteiger partial charge in [-0.25, -0.2) is 0 Å². The van der Waals surface area contributed by atoms with E-state index in [0.717, 1.165) is 0 Å². The van der Waals surface area contributed by atoms with Gasteiger partial charge in [0.05, 0.1) is 4.91 Å². The predicted molar refractivity (Wildman–Crippen MR) is 31.9 cm³/mol. The smallest absolute Gasteiger partial charge is 0.254 e. The second kappa shape index (κ2) is 2.69. The third kappa shape index (κ3) is 2.28. The summed E-state index contributed by atoms with van der Waals surface area (Å²) in [4.78, 5) is 10.3. The van der Waals surface area contributed by atoms with E-state index in [4.69, 9.17) is 5.73 Å². The lowest BCUT2D eigenvalue weighted by Crippen LogP contribution is -2.09. The predicted octanol–water partition coefficient (Wildman–Crippen LogP) is 0.305. The highest BCUT2D eigenvalue weighted by molar-refractivity contribution is 7.85. The second-order valence-electron chi connectivity index (χ2n) is 1.04. The molecule has 0 heterocycles. The first-order valence-corrected chi connectivity index (χ1v) is 2.28. The van der Waals surface area contributed by atoms with Gasteiger partial charge in [-0.05, 0) is 6.92 Å². The molecule has 0 atom stereocenters. The van der Waals surface area contributed by atoms with Gasteiger partial charge in [0.2, 0.25) is 0 Å². The summed E-state index contributed by atoms with van der Waals surface area (Å²) in [6, 6.07) is 0. The van der Waals surface area contributed by atoms with E-state index in [1.165, 1.54) is 0 Å². The van der Waals surface area contributed by atoms with Crippen molar-refractivity contribution in [2.75, 3.05) is 0 Å². The van der Waals surface area contributed by atoms with Crippen LogP contribution in [0.4, 0.5) is 0 Å². The SMILES string of the molecule is C/C=C(\S)C(N)=O. The van der Waals surface area contributed by atoms with Crippen LogP contribution in [0.2, 0.25) is 0 Å². The molecular formula is C4H7NOS. The van der Waals surface area contributed by atoms with E-state index in [1.54, 1.807) is 13.0 Å². The van der Waals surface area contributed by atoms with Crippen molar-refractivity contribution in [1.82, 2.24) is 0 Å². The summed E-state index contributed by atoms with van der Waals surface area (Å²) >= 11 is 3.71.